The lowest BCUT2D eigenvalue weighted by Crippen LogP contribution is -2.16. The van der Waals surface area contributed by atoms with Gasteiger partial charge < -0.3 is 14.9 Å². The molecule has 0 aliphatic carbocycles. The maximum absolute atomic E-state index is 5.84. The van der Waals surface area contributed by atoms with Crippen LogP contribution in [0.25, 0.3) is 5.52 Å². The molecule has 1 aliphatic heterocycles. The summed E-state index contributed by atoms with van der Waals surface area (Å²) in [7, 11) is 0. The molecule has 5 heteroatoms. The van der Waals surface area contributed by atoms with Crippen LogP contribution in [0.1, 0.15) is 24.6 Å². The summed E-state index contributed by atoms with van der Waals surface area (Å²) in [6, 6.07) is 3.89. The van der Waals surface area contributed by atoms with E-state index in [9.17, 15) is 0 Å². The number of hydrogen-bond donors (Lipinski definition) is 1. The molecule has 3 rings (SSSR count). The quantitative estimate of drug-likeness (QED) is 0.880. The molecule has 0 atom stereocenters. The molecule has 0 spiro atoms. The molecule has 0 unspecified atom stereocenters. The van der Waals surface area contributed by atoms with Crippen molar-refractivity contribution in [3.8, 4) is 0 Å². The van der Waals surface area contributed by atoms with Crippen molar-refractivity contribution >= 4 is 27.1 Å². The van der Waals surface area contributed by atoms with Gasteiger partial charge in [0.1, 0.15) is 10.4 Å². The monoisotopic (exact) mass is 295 g/mol. The summed E-state index contributed by atoms with van der Waals surface area (Å²) < 4.78 is 8.37. The first-order valence-corrected chi connectivity index (χ1v) is 6.56. The van der Waals surface area contributed by atoms with Crippen LogP contribution < -0.4 is 5.73 Å². The summed E-state index contributed by atoms with van der Waals surface area (Å²) in [4.78, 5) is 4.62. The number of rotatable bonds is 1. The van der Waals surface area contributed by atoms with Gasteiger partial charge in [0, 0.05) is 31.0 Å². The zero-order valence-corrected chi connectivity index (χ0v) is 11.0. The highest BCUT2D eigenvalue weighted by Crippen LogP contribution is 2.30. The molecule has 3 heterocycles. The van der Waals surface area contributed by atoms with Gasteiger partial charge in [-0.05, 0) is 40.9 Å². The first-order chi connectivity index (χ1) is 8.25. The fourth-order valence-electron chi connectivity index (χ4n) is 2.33. The lowest BCUT2D eigenvalue weighted by Gasteiger charge is -2.20. The second-order valence-electron chi connectivity index (χ2n) is 4.37. The number of halogens is 1. The molecule has 17 heavy (non-hydrogen) atoms. The summed E-state index contributed by atoms with van der Waals surface area (Å²) in [6.45, 7) is 1.64. The molecule has 0 bridgehead atoms. The van der Waals surface area contributed by atoms with Crippen molar-refractivity contribution in [2.45, 2.75) is 18.8 Å². The van der Waals surface area contributed by atoms with E-state index in [1.165, 1.54) is 0 Å². The van der Waals surface area contributed by atoms with E-state index in [0.717, 1.165) is 47.7 Å². The van der Waals surface area contributed by atoms with Gasteiger partial charge in [-0.15, -0.1) is 0 Å². The van der Waals surface area contributed by atoms with Gasteiger partial charge in [-0.25, -0.2) is 4.98 Å². The lowest BCUT2D eigenvalue weighted by atomic mass is 10.00. The van der Waals surface area contributed by atoms with Crippen LogP contribution in [0.2, 0.25) is 0 Å². The predicted octanol–water partition coefficient (Wildman–Crippen LogP) is 2.57. The van der Waals surface area contributed by atoms with Crippen molar-refractivity contribution in [3.63, 3.8) is 0 Å². The van der Waals surface area contributed by atoms with Crippen LogP contribution in [0.15, 0.2) is 22.9 Å². The molecule has 90 valence electrons. The number of imidazole rings is 1. The Kier molecular flexibility index (Phi) is 2.80. The highest BCUT2D eigenvalue weighted by Gasteiger charge is 2.21. The number of fused-ring (bicyclic) bond motifs is 1. The SMILES string of the molecule is Nc1ccc2c(Br)nc(C3CCOCC3)n2c1. The minimum atomic E-state index is 0.462. The van der Waals surface area contributed by atoms with Crippen LogP contribution in [0.4, 0.5) is 5.69 Å². The average molecular weight is 296 g/mol. The van der Waals surface area contributed by atoms with Crippen molar-refractivity contribution < 1.29 is 4.74 Å². The van der Waals surface area contributed by atoms with E-state index >= 15 is 0 Å². The Morgan fingerprint density at radius 3 is 2.88 bits per heavy atom. The van der Waals surface area contributed by atoms with Crippen LogP contribution in [0.3, 0.4) is 0 Å². The van der Waals surface area contributed by atoms with E-state index in [1.807, 2.05) is 18.3 Å². The van der Waals surface area contributed by atoms with E-state index < -0.39 is 0 Å². The molecular formula is C12H14BrN3O. The van der Waals surface area contributed by atoms with Crippen molar-refractivity contribution in [2.75, 3.05) is 18.9 Å². The standard InChI is InChI=1S/C12H14BrN3O/c13-11-10-2-1-9(14)7-16(10)12(15-11)8-3-5-17-6-4-8/h1-2,7-8H,3-6,14H2. The van der Waals surface area contributed by atoms with Gasteiger partial charge in [0.2, 0.25) is 0 Å². The molecule has 1 aliphatic rings. The fourth-order valence-corrected chi connectivity index (χ4v) is 2.84. The van der Waals surface area contributed by atoms with Gasteiger partial charge in [0.15, 0.2) is 0 Å². The third-order valence-electron chi connectivity index (χ3n) is 3.23. The molecule has 4 nitrogen and oxygen atoms in total. The number of nitrogens with zero attached hydrogens (tertiary/aromatic N) is 2. The van der Waals surface area contributed by atoms with E-state index in [0.29, 0.717) is 5.92 Å². The second kappa shape index (κ2) is 4.31. The van der Waals surface area contributed by atoms with Crippen molar-refractivity contribution in [1.29, 1.82) is 0 Å². The maximum atomic E-state index is 5.84. The van der Waals surface area contributed by atoms with E-state index in [4.69, 9.17) is 10.5 Å². The Bertz CT molecular complexity index is 546. The number of pyridine rings is 1. The van der Waals surface area contributed by atoms with Crippen LogP contribution in [-0.2, 0) is 4.74 Å². The Labute approximate surface area is 108 Å². The molecule has 0 aromatic carbocycles. The Morgan fingerprint density at radius 2 is 2.12 bits per heavy atom. The molecular weight excluding hydrogens is 282 g/mol. The topological polar surface area (TPSA) is 52.5 Å². The highest BCUT2D eigenvalue weighted by molar-refractivity contribution is 9.10. The number of ether oxygens (including phenoxy) is 1. The minimum Gasteiger partial charge on any atom is -0.398 e. The summed E-state index contributed by atoms with van der Waals surface area (Å²) in [5, 5.41) is 0. The average Bonchev–Trinajstić information content (AvgIpc) is 2.67. The molecule has 0 saturated carbocycles. The summed E-state index contributed by atoms with van der Waals surface area (Å²) in [5.41, 5.74) is 7.67. The van der Waals surface area contributed by atoms with Gasteiger partial charge in [-0.2, -0.15) is 0 Å². The molecule has 0 amide bonds. The number of aromatic nitrogens is 2. The normalized spacial score (nSPS) is 17.7. The third kappa shape index (κ3) is 1.93. The van der Waals surface area contributed by atoms with Crippen LogP contribution in [-0.4, -0.2) is 22.6 Å². The van der Waals surface area contributed by atoms with Crippen LogP contribution in [0, 0.1) is 0 Å². The van der Waals surface area contributed by atoms with E-state index in [-0.39, 0.29) is 0 Å². The molecule has 2 aromatic rings. The van der Waals surface area contributed by atoms with Gasteiger partial charge in [0.05, 0.1) is 5.52 Å². The van der Waals surface area contributed by atoms with Gasteiger partial charge in [0.25, 0.3) is 0 Å². The third-order valence-corrected chi connectivity index (χ3v) is 3.81. The Morgan fingerprint density at radius 1 is 1.35 bits per heavy atom. The summed E-state index contributed by atoms with van der Waals surface area (Å²) in [6.07, 6.45) is 4.00. The second-order valence-corrected chi connectivity index (χ2v) is 5.12. The van der Waals surface area contributed by atoms with E-state index in [1.54, 1.807) is 0 Å². The molecule has 0 radical (unpaired) electrons. The van der Waals surface area contributed by atoms with Crippen LogP contribution >= 0.6 is 15.9 Å². The Hall–Kier alpha value is -1.07. The van der Waals surface area contributed by atoms with Gasteiger partial charge >= 0.3 is 0 Å². The lowest BCUT2D eigenvalue weighted by molar-refractivity contribution is 0.0835. The zero-order valence-electron chi connectivity index (χ0n) is 9.40. The first kappa shape index (κ1) is 11.0. The zero-order chi connectivity index (χ0) is 11.8. The number of anilines is 1. The molecule has 1 saturated heterocycles. The summed E-state index contributed by atoms with van der Waals surface area (Å²) in [5.74, 6) is 1.55. The van der Waals surface area contributed by atoms with Gasteiger partial charge in [-0.1, -0.05) is 0 Å². The smallest absolute Gasteiger partial charge is 0.132 e. The number of hydrogen-bond acceptors (Lipinski definition) is 3. The van der Waals surface area contributed by atoms with E-state index in [2.05, 4.69) is 25.3 Å². The van der Waals surface area contributed by atoms with Crippen molar-refractivity contribution in [1.82, 2.24) is 9.38 Å². The van der Waals surface area contributed by atoms with Crippen LogP contribution in [0.5, 0.6) is 0 Å². The molecule has 2 aromatic heterocycles. The predicted molar refractivity (Wildman–Crippen MR) is 70.1 cm³/mol. The largest absolute Gasteiger partial charge is 0.398 e. The number of nitrogens with two attached hydrogens (primary N) is 1. The highest BCUT2D eigenvalue weighted by atomic mass is 79.9. The van der Waals surface area contributed by atoms with Crippen molar-refractivity contribution in [3.05, 3.63) is 28.8 Å². The Balaban J connectivity index is 2.11. The molecule has 1 fully saturated rings. The maximum Gasteiger partial charge on any atom is 0.132 e. The number of nitrogen functional groups attached to an aromatic ring is 1. The minimum absolute atomic E-state index is 0.462. The fraction of sp³-hybridized carbons (Fsp3) is 0.417. The van der Waals surface area contributed by atoms with Crippen molar-refractivity contribution in [2.24, 2.45) is 0 Å². The van der Waals surface area contributed by atoms with Gasteiger partial charge in [-0.3, -0.25) is 0 Å². The first-order valence-electron chi connectivity index (χ1n) is 5.76. The molecule has 2 N–H and O–H groups in total. The summed E-state index contributed by atoms with van der Waals surface area (Å²) >= 11 is 3.50.